The molecule has 2 aromatic carbocycles. The standard InChI is InChI=1S/C16H18N2O2/c1-12-5-3-6-13(9-12)11-17-14-7-4-8-15(10-14)18-16(19)20-2/h3-10,17H,11H2,1-2H3,(H,18,19). The number of aryl methyl sites for hydroxylation is 1. The molecule has 1 amide bonds. The lowest BCUT2D eigenvalue weighted by atomic mass is 10.1. The number of anilines is 2. The quantitative estimate of drug-likeness (QED) is 0.888. The molecule has 20 heavy (non-hydrogen) atoms. The van der Waals surface area contributed by atoms with Crippen molar-refractivity contribution in [2.45, 2.75) is 13.5 Å². The van der Waals surface area contributed by atoms with Crippen LogP contribution in [0.5, 0.6) is 0 Å². The highest BCUT2D eigenvalue weighted by Gasteiger charge is 2.01. The minimum Gasteiger partial charge on any atom is -0.453 e. The van der Waals surface area contributed by atoms with Crippen LogP contribution in [-0.4, -0.2) is 13.2 Å². The lowest BCUT2D eigenvalue weighted by molar-refractivity contribution is 0.187. The normalized spacial score (nSPS) is 9.90. The minimum absolute atomic E-state index is 0.471. The number of hydrogen-bond acceptors (Lipinski definition) is 3. The molecule has 0 bridgehead atoms. The summed E-state index contributed by atoms with van der Waals surface area (Å²) in [5.74, 6) is 0. The Morgan fingerprint density at radius 2 is 1.85 bits per heavy atom. The van der Waals surface area contributed by atoms with Crippen LogP contribution in [0.4, 0.5) is 16.2 Å². The molecule has 0 saturated heterocycles. The first-order valence-electron chi connectivity index (χ1n) is 6.42. The molecule has 2 N–H and O–H groups in total. The van der Waals surface area contributed by atoms with E-state index in [1.807, 2.05) is 30.3 Å². The van der Waals surface area contributed by atoms with Crippen molar-refractivity contribution in [1.82, 2.24) is 0 Å². The van der Waals surface area contributed by atoms with Crippen LogP contribution in [0.2, 0.25) is 0 Å². The van der Waals surface area contributed by atoms with Gasteiger partial charge in [0.25, 0.3) is 0 Å². The van der Waals surface area contributed by atoms with Crippen molar-refractivity contribution < 1.29 is 9.53 Å². The molecule has 4 nitrogen and oxygen atoms in total. The van der Waals surface area contributed by atoms with Gasteiger partial charge in [0.15, 0.2) is 0 Å². The molecular formula is C16H18N2O2. The van der Waals surface area contributed by atoms with Gasteiger partial charge in [-0.3, -0.25) is 5.32 Å². The van der Waals surface area contributed by atoms with E-state index in [4.69, 9.17) is 0 Å². The Bertz CT molecular complexity index is 597. The minimum atomic E-state index is -0.471. The van der Waals surface area contributed by atoms with E-state index in [0.717, 1.165) is 12.2 Å². The highest BCUT2D eigenvalue weighted by molar-refractivity contribution is 5.85. The first-order valence-corrected chi connectivity index (χ1v) is 6.42. The van der Waals surface area contributed by atoms with E-state index in [-0.39, 0.29) is 0 Å². The second-order valence-electron chi connectivity index (χ2n) is 4.54. The number of benzene rings is 2. The SMILES string of the molecule is COC(=O)Nc1cccc(NCc2cccc(C)c2)c1. The molecule has 0 aliphatic rings. The van der Waals surface area contributed by atoms with Crippen molar-refractivity contribution in [3.63, 3.8) is 0 Å². The molecule has 0 atom stereocenters. The van der Waals surface area contributed by atoms with Gasteiger partial charge in [0.1, 0.15) is 0 Å². The Labute approximate surface area is 118 Å². The van der Waals surface area contributed by atoms with Crippen molar-refractivity contribution in [1.29, 1.82) is 0 Å². The fraction of sp³-hybridized carbons (Fsp3) is 0.188. The van der Waals surface area contributed by atoms with Crippen molar-refractivity contribution in [3.05, 3.63) is 59.7 Å². The number of carbonyl (C=O) groups is 1. The summed E-state index contributed by atoms with van der Waals surface area (Å²) in [4.78, 5) is 11.2. The highest BCUT2D eigenvalue weighted by Crippen LogP contribution is 2.16. The molecule has 0 spiro atoms. The van der Waals surface area contributed by atoms with Crippen LogP contribution in [0, 0.1) is 6.92 Å². The molecule has 104 valence electrons. The van der Waals surface area contributed by atoms with Crippen LogP contribution in [0.1, 0.15) is 11.1 Å². The maximum Gasteiger partial charge on any atom is 0.411 e. The molecule has 4 heteroatoms. The van der Waals surface area contributed by atoms with Crippen molar-refractivity contribution in [2.75, 3.05) is 17.7 Å². The Morgan fingerprint density at radius 1 is 1.10 bits per heavy atom. The molecule has 0 aliphatic carbocycles. The molecule has 0 fully saturated rings. The molecule has 0 unspecified atom stereocenters. The molecular weight excluding hydrogens is 252 g/mol. The van der Waals surface area contributed by atoms with Gasteiger partial charge < -0.3 is 10.1 Å². The number of amides is 1. The summed E-state index contributed by atoms with van der Waals surface area (Å²) in [5.41, 5.74) is 4.10. The van der Waals surface area contributed by atoms with Gasteiger partial charge >= 0.3 is 6.09 Å². The maximum atomic E-state index is 11.2. The number of methoxy groups -OCH3 is 1. The number of rotatable bonds is 4. The van der Waals surface area contributed by atoms with Crippen LogP contribution in [0.15, 0.2) is 48.5 Å². The van der Waals surface area contributed by atoms with Gasteiger partial charge in [0, 0.05) is 17.9 Å². The van der Waals surface area contributed by atoms with Crippen LogP contribution in [-0.2, 0) is 11.3 Å². The van der Waals surface area contributed by atoms with E-state index in [0.29, 0.717) is 5.69 Å². The van der Waals surface area contributed by atoms with E-state index >= 15 is 0 Å². The first-order chi connectivity index (χ1) is 9.67. The molecule has 2 rings (SSSR count). The summed E-state index contributed by atoms with van der Waals surface area (Å²) in [6, 6.07) is 15.9. The summed E-state index contributed by atoms with van der Waals surface area (Å²) in [6.45, 7) is 2.81. The van der Waals surface area contributed by atoms with Crippen molar-refractivity contribution >= 4 is 17.5 Å². The van der Waals surface area contributed by atoms with Gasteiger partial charge in [0.05, 0.1) is 7.11 Å². The average Bonchev–Trinajstić information content (AvgIpc) is 2.45. The van der Waals surface area contributed by atoms with Gasteiger partial charge in [-0.15, -0.1) is 0 Å². The zero-order chi connectivity index (χ0) is 14.4. The van der Waals surface area contributed by atoms with Gasteiger partial charge in [-0.1, -0.05) is 35.9 Å². The summed E-state index contributed by atoms with van der Waals surface area (Å²) in [7, 11) is 1.34. The number of carbonyl (C=O) groups excluding carboxylic acids is 1. The molecule has 0 aliphatic heterocycles. The number of ether oxygens (including phenoxy) is 1. The molecule has 2 aromatic rings. The average molecular weight is 270 g/mol. The second-order valence-corrected chi connectivity index (χ2v) is 4.54. The molecule has 0 radical (unpaired) electrons. The summed E-state index contributed by atoms with van der Waals surface area (Å²) in [5, 5.41) is 5.97. The highest BCUT2D eigenvalue weighted by atomic mass is 16.5. The number of nitrogens with one attached hydrogen (secondary N) is 2. The Morgan fingerprint density at radius 3 is 2.60 bits per heavy atom. The van der Waals surface area contributed by atoms with Crippen LogP contribution in [0.3, 0.4) is 0 Å². The third-order valence-electron chi connectivity index (χ3n) is 2.87. The molecule has 0 heterocycles. The Balaban J connectivity index is 1.99. The van der Waals surface area contributed by atoms with Gasteiger partial charge in [-0.05, 0) is 30.7 Å². The third kappa shape index (κ3) is 4.02. The maximum absolute atomic E-state index is 11.2. The fourth-order valence-corrected chi connectivity index (χ4v) is 1.90. The fourth-order valence-electron chi connectivity index (χ4n) is 1.90. The number of hydrogen-bond donors (Lipinski definition) is 2. The van der Waals surface area contributed by atoms with Gasteiger partial charge in [0.2, 0.25) is 0 Å². The van der Waals surface area contributed by atoms with Gasteiger partial charge in [-0.2, -0.15) is 0 Å². The predicted octanol–water partition coefficient (Wildman–Crippen LogP) is 3.79. The van der Waals surface area contributed by atoms with E-state index in [2.05, 4.69) is 40.5 Å². The predicted molar refractivity (Wildman–Crippen MR) is 81.0 cm³/mol. The second kappa shape index (κ2) is 6.61. The van der Waals surface area contributed by atoms with E-state index in [1.165, 1.54) is 18.2 Å². The monoisotopic (exact) mass is 270 g/mol. The Hall–Kier alpha value is -2.49. The van der Waals surface area contributed by atoms with Crippen molar-refractivity contribution in [2.24, 2.45) is 0 Å². The first kappa shape index (κ1) is 13.9. The summed E-state index contributed by atoms with van der Waals surface area (Å²) >= 11 is 0. The van der Waals surface area contributed by atoms with E-state index in [9.17, 15) is 4.79 Å². The Kier molecular flexibility index (Phi) is 4.60. The molecule has 0 aromatic heterocycles. The molecule has 0 saturated carbocycles. The lowest BCUT2D eigenvalue weighted by Gasteiger charge is -2.09. The van der Waals surface area contributed by atoms with E-state index in [1.54, 1.807) is 0 Å². The summed E-state index contributed by atoms with van der Waals surface area (Å²) in [6.07, 6.45) is -0.471. The lowest BCUT2D eigenvalue weighted by Crippen LogP contribution is -2.11. The van der Waals surface area contributed by atoms with E-state index < -0.39 is 6.09 Å². The van der Waals surface area contributed by atoms with Crippen molar-refractivity contribution in [3.8, 4) is 0 Å². The zero-order valence-corrected chi connectivity index (χ0v) is 11.6. The van der Waals surface area contributed by atoms with Crippen LogP contribution >= 0.6 is 0 Å². The topological polar surface area (TPSA) is 50.4 Å². The van der Waals surface area contributed by atoms with Crippen LogP contribution in [0.25, 0.3) is 0 Å². The third-order valence-corrected chi connectivity index (χ3v) is 2.87. The smallest absolute Gasteiger partial charge is 0.411 e. The largest absolute Gasteiger partial charge is 0.453 e. The van der Waals surface area contributed by atoms with Gasteiger partial charge in [-0.25, -0.2) is 4.79 Å². The van der Waals surface area contributed by atoms with Crippen LogP contribution < -0.4 is 10.6 Å². The summed E-state index contributed by atoms with van der Waals surface area (Å²) < 4.78 is 4.57. The zero-order valence-electron chi connectivity index (χ0n) is 11.6.